The highest BCUT2D eigenvalue weighted by atomic mass is 32.2. The van der Waals surface area contributed by atoms with Gasteiger partial charge >= 0.3 is 0 Å². The van der Waals surface area contributed by atoms with E-state index in [-0.39, 0.29) is 17.1 Å². The molecule has 2 aromatic carbocycles. The lowest BCUT2D eigenvalue weighted by molar-refractivity contribution is -0.128. The second kappa shape index (κ2) is 6.76. The zero-order valence-electron chi connectivity index (χ0n) is 13.5. The fourth-order valence-electron chi connectivity index (χ4n) is 3.05. The van der Waals surface area contributed by atoms with Crippen molar-refractivity contribution in [1.82, 2.24) is 9.47 Å². The molecule has 5 heteroatoms. The number of aromatic nitrogens is 1. The molecule has 0 unspecified atom stereocenters. The van der Waals surface area contributed by atoms with Crippen molar-refractivity contribution in [3.05, 3.63) is 90.0 Å². The Kier molecular flexibility index (Phi) is 4.32. The van der Waals surface area contributed by atoms with Crippen LogP contribution in [0.1, 0.15) is 16.5 Å². The summed E-state index contributed by atoms with van der Waals surface area (Å²) < 4.78 is 15.8. The van der Waals surface area contributed by atoms with Gasteiger partial charge in [-0.25, -0.2) is 4.39 Å². The molecule has 3 nitrogen and oxygen atoms in total. The number of hydrogen-bond donors (Lipinski definition) is 0. The van der Waals surface area contributed by atoms with Crippen LogP contribution in [0.5, 0.6) is 0 Å². The maximum Gasteiger partial charge on any atom is 0.234 e. The van der Waals surface area contributed by atoms with Gasteiger partial charge in [-0.2, -0.15) is 0 Å². The van der Waals surface area contributed by atoms with E-state index in [1.54, 1.807) is 28.5 Å². The first-order valence-electron chi connectivity index (χ1n) is 8.10. The third-order valence-corrected chi connectivity index (χ3v) is 5.55. The number of rotatable bonds is 4. The summed E-state index contributed by atoms with van der Waals surface area (Å²) in [6.07, 6.45) is 3.75. The minimum absolute atomic E-state index is 0.0410. The van der Waals surface area contributed by atoms with Gasteiger partial charge in [0.05, 0.1) is 11.4 Å². The molecule has 1 saturated heterocycles. The molecule has 0 spiro atoms. The number of benzene rings is 2. The largest absolute Gasteiger partial charge is 0.321 e. The molecule has 2 heterocycles. The van der Waals surface area contributed by atoms with Crippen molar-refractivity contribution in [3.63, 3.8) is 0 Å². The molecular formula is C20H17FN2OS. The van der Waals surface area contributed by atoms with E-state index in [1.165, 1.54) is 6.07 Å². The Hall–Kier alpha value is -2.53. The summed E-state index contributed by atoms with van der Waals surface area (Å²) in [6, 6.07) is 18.6. The predicted octanol–water partition coefficient (Wildman–Crippen LogP) is 4.39. The molecule has 0 saturated carbocycles. The first-order chi connectivity index (χ1) is 12.2. The van der Waals surface area contributed by atoms with E-state index in [9.17, 15) is 9.18 Å². The molecule has 0 aliphatic carbocycles. The highest BCUT2D eigenvalue weighted by molar-refractivity contribution is 8.00. The first-order valence-corrected chi connectivity index (χ1v) is 9.15. The Morgan fingerprint density at radius 1 is 1.04 bits per heavy atom. The van der Waals surface area contributed by atoms with Gasteiger partial charge in [0.25, 0.3) is 0 Å². The first kappa shape index (κ1) is 16.0. The summed E-state index contributed by atoms with van der Waals surface area (Å²) in [5, 5.41) is -0.0410. The predicted molar refractivity (Wildman–Crippen MR) is 97.9 cm³/mol. The van der Waals surface area contributed by atoms with E-state index in [0.717, 1.165) is 11.1 Å². The number of para-hydroxylation sites is 1. The summed E-state index contributed by atoms with van der Waals surface area (Å²) in [5.41, 5.74) is 2.63. The van der Waals surface area contributed by atoms with E-state index in [4.69, 9.17) is 0 Å². The van der Waals surface area contributed by atoms with Crippen LogP contribution >= 0.6 is 11.8 Å². The van der Waals surface area contributed by atoms with Gasteiger partial charge in [0.2, 0.25) is 5.91 Å². The van der Waals surface area contributed by atoms with Crippen LogP contribution in [0.25, 0.3) is 5.69 Å². The highest BCUT2D eigenvalue weighted by Crippen LogP contribution is 2.40. The van der Waals surface area contributed by atoms with Gasteiger partial charge in [0.1, 0.15) is 11.2 Å². The van der Waals surface area contributed by atoms with Crippen molar-refractivity contribution in [2.24, 2.45) is 0 Å². The minimum atomic E-state index is -0.263. The Morgan fingerprint density at radius 3 is 2.60 bits per heavy atom. The van der Waals surface area contributed by atoms with Crippen LogP contribution in [-0.2, 0) is 11.3 Å². The van der Waals surface area contributed by atoms with Gasteiger partial charge in [0.15, 0.2) is 0 Å². The van der Waals surface area contributed by atoms with Crippen LogP contribution in [0, 0.1) is 5.82 Å². The molecule has 1 aliphatic rings. The fourth-order valence-corrected chi connectivity index (χ4v) is 4.22. The van der Waals surface area contributed by atoms with Crippen LogP contribution in [0.15, 0.2) is 73.1 Å². The van der Waals surface area contributed by atoms with Crippen molar-refractivity contribution in [1.29, 1.82) is 0 Å². The summed E-state index contributed by atoms with van der Waals surface area (Å²) >= 11 is 1.61. The Morgan fingerprint density at radius 2 is 1.80 bits per heavy atom. The van der Waals surface area contributed by atoms with Gasteiger partial charge in [-0.05, 0) is 23.8 Å². The molecule has 1 atom stereocenters. The summed E-state index contributed by atoms with van der Waals surface area (Å²) in [5.74, 6) is 0.348. The molecule has 1 aliphatic heterocycles. The molecule has 0 radical (unpaired) electrons. The number of halogens is 1. The fraction of sp³-hybridized carbons (Fsp3) is 0.150. The molecule has 3 aromatic rings. The SMILES string of the molecule is O=C1CS[C@H](c2ccn(-c3ccccc3F)c2)N1Cc1ccccc1. The molecule has 1 aromatic heterocycles. The smallest absolute Gasteiger partial charge is 0.234 e. The maximum atomic E-state index is 14.0. The monoisotopic (exact) mass is 352 g/mol. The maximum absolute atomic E-state index is 14.0. The normalized spacial score (nSPS) is 17.2. The zero-order valence-corrected chi connectivity index (χ0v) is 14.3. The zero-order chi connectivity index (χ0) is 17.2. The molecule has 1 amide bonds. The number of hydrogen-bond acceptors (Lipinski definition) is 2. The Labute approximate surface area is 150 Å². The second-order valence-electron chi connectivity index (χ2n) is 5.97. The third kappa shape index (κ3) is 3.20. The number of amides is 1. The van der Waals surface area contributed by atoms with Gasteiger partial charge in [-0.15, -0.1) is 11.8 Å². The Bertz CT molecular complexity index is 893. The van der Waals surface area contributed by atoms with E-state index in [2.05, 4.69) is 0 Å². The lowest BCUT2D eigenvalue weighted by Gasteiger charge is -2.23. The van der Waals surface area contributed by atoms with Gasteiger partial charge in [-0.1, -0.05) is 42.5 Å². The second-order valence-corrected chi connectivity index (χ2v) is 7.04. The summed E-state index contributed by atoms with van der Waals surface area (Å²) in [4.78, 5) is 14.2. The molecule has 25 heavy (non-hydrogen) atoms. The van der Waals surface area contributed by atoms with Gasteiger partial charge in [-0.3, -0.25) is 4.79 Å². The molecule has 0 bridgehead atoms. The van der Waals surface area contributed by atoms with Crippen LogP contribution < -0.4 is 0 Å². The number of thioether (sulfide) groups is 1. The quantitative estimate of drug-likeness (QED) is 0.696. The van der Waals surface area contributed by atoms with Crippen molar-refractivity contribution in [2.45, 2.75) is 11.9 Å². The van der Waals surface area contributed by atoms with Gasteiger partial charge in [0, 0.05) is 24.5 Å². The summed E-state index contributed by atoms with van der Waals surface area (Å²) in [6.45, 7) is 0.586. The van der Waals surface area contributed by atoms with Gasteiger partial charge < -0.3 is 9.47 Å². The average molecular weight is 352 g/mol. The van der Waals surface area contributed by atoms with Crippen molar-refractivity contribution in [2.75, 3.05) is 5.75 Å². The van der Waals surface area contributed by atoms with E-state index < -0.39 is 0 Å². The van der Waals surface area contributed by atoms with E-state index in [1.807, 2.05) is 59.8 Å². The molecular weight excluding hydrogens is 335 g/mol. The van der Waals surface area contributed by atoms with Crippen LogP contribution in [0.2, 0.25) is 0 Å². The van der Waals surface area contributed by atoms with Crippen LogP contribution in [0.4, 0.5) is 4.39 Å². The number of nitrogens with zero attached hydrogens (tertiary/aromatic N) is 2. The van der Waals surface area contributed by atoms with E-state index in [0.29, 0.717) is 18.0 Å². The topological polar surface area (TPSA) is 25.2 Å². The molecule has 126 valence electrons. The standard InChI is InChI=1S/C20H17FN2OS/c21-17-8-4-5-9-18(17)22-11-10-16(13-22)20-23(19(24)14-25-20)12-15-6-2-1-3-7-15/h1-11,13,20H,12,14H2/t20-/m1/s1. The molecule has 4 rings (SSSR count). The lowest BCUT2D eigenvalue weighted by Crippen LogP contribution is -2.27. The van der Waals surface area contributed by atoms with E-state index >= 15 is 0 Å². The van der Waals surface area contributed by atoms with Crippen LogP contribution in [0.3, 0.4) is 0 Å². The van der Waals surface area contributed by atoms with Crippen molar-refractivity contribution in [3.8, 4) is 5.69 Å². The highest BCUT2D eigenvalue weighted by Gasteiger charge is 2.33. The Balaban J connectivity index is 1.60. The summed E-state index contributed by atoms with van der Waals surface area (Å²) in [7, 11) is 0. The average Bonchev–Trinajstić information content (AvgIpc) is 3.24. The number of carbonyl (C=O) groups excluding carboxylic acids is 1. The minimum Gasteiger partial charge on any atom is -0.321 e. The molecule has 0 N–H and O–H groups in total. The van der Waals surface area contributed by atoms with Crippen molar-refractivity contribution < 1.29 is 9.18 Å². The lowest BCUT2D eigenvalue weighted by atomic mass is 10.2. The van der Waals surface area contributed by atoms with Crippen LogP contribution in [-0.4, -0.2) is 21.1 Å². The van der Waals surface area contributed by atoms with Crippen molar-refractivity contribution >= 4 is 17.7 Å². The molecule has 1 fully saturated rings. The third-order valence-electron chi connectivity index (χ3n) is 4.30. The number of carbonyl (C=O) groups is 1.